The third-order valence-corrected chi connectivity index (χ3v) is 3.06. The molecule has 18 heavy (non-hydrogen) atoms. The normalized spacial score (nSPS) is 13.7. The smallest absolute Gasteiger partial charge is 0.220 e. The summed E-state index contributed by atoms with van der Waals surface area (Å²) in [5, 5.41) is 13.7. The Morgan fingerprint density at radius 1 is 1.39 bits per heavy atom. The van der Waals surface area contributed by atoms with E-state index in [9.17, 15) is 14.7 Å². The van der Waals surface area contributed by atoms with Gasteiger partial charge in [0.2, 0.25) is 5.91 Å². The van der Waals surface area contributed by atoms with Crippen LogP contribution in [0, 0.1) is 11.8 Å². The maximum atomic E-state index is 11.5. The van der Waals surface area contributed by atoms with Crippen molar-refractivity contribution < 1.29 is 14.7 Å². The summed E-state index contributed by atoms with van der Waals surface area (Å²) >= 11 is 0. The van der Waals surface area contributed by atoms with Crippen LogP contribution < -0.4 is 10.4 Å². The van der Waals surface area contributed by atoms with E-state index in [0.29, 0.717) is 13.0 Å². The van der Waals surface area contributed by atoms with Crippen molar-refractivity contribution in [2.24, 2.45) is 11.8 Å². The molecular weight excluding hydrogens is 230 g/mol. The predicted molar refractivity (Wildman–Crippen MR) is 69.6 cm³/mol. The summed E-state index contributed by atoms with van der Waals surface area (Å²) < 4.78 is 0. The summed E-state index contributed by atoms with van der Waals surface area (Å²) in [6, 6.07) is 0. The quantitative estimate of drug-likeness (QED) is 0.471. The van der Waals surface area contributed by atoms with Gasteiger partial charge < -0.3 is 15.2 Å². The number of hydrogen-bond donors (Lipinski definition) is 1. The van der Waals surface area contributed by atoms with Crippen LogP contribution in [0.5, 0.6) is 0 Å². The number of nitrogens with one attached hydrogen (secondary N) is 1. The largest absolute Gasteiger partial charge is 0.550 e. The lowest BCUT2D eigenvalue weighted by Gasteiger charge is -2.24. The fourth-order valence-electron chi connectivity index (χ4n) is 1.94. The Balaban J connectivity index is 4.20. The number of carbonyl (C=O) groups is 2. The van der Waals surface area contributed by atoms with E-state index in [1.807, 2.05) is 0 Å². The Hall–Kier alpha value is -1.32. The fraction of sp³-hybridized carbons (Fsp3) is 0.714. The molecule has 0 saturated heterocycles. The number of carbonyl (C=O) groups excluding carboxylic acids is 2. The third kappa shape index (κ3) is 7.09. The topological polar surface area (TPSA) is 69.2 Å². The monoisotopic (exact) mass is 254 g/mol. The van der Waals surface area contributed by atoms with Crippen LogP contribution in [0.15, 0.2) is 12.7 Å². The Morgan fingerprint density at radius 2 is 2.06 bits per heavy atom. The molecule has 0 fully saturated rings. The van der Waals surface area contributed by atoms with E-state index in [0.717, 1.165) is 19.3 Å². The molecule has 0 rings (SSSR count). The van der Waals surface area contributed by atoms with Gasteiger partial charge in [-0.1, -0.05) is 39.2 Å². The van der Waals surface area contributed by atoms with E-state index < -0.39 is 11.9 Å². The maximum absolute atomic E-state index is 11.5. The van der Waals surface area contributed by atoms with Crippen molar-refractivity contribution in [2.75, 3.05) is 6.54 Å². The summed E-state index contributed by atoms with van der Waals surface area (Å²) in [5.41, 5.74) is 0. The van der Waals surface area contributed by atoms with Gasteiger partial charge in [0.1, 0.15) is 0 Å². The van der Waals surface area contributed by atoms with Crippen LogP contribution >= 0.6 is 0 Å². The second-order valence-electron chi connectivity index (χ2n) is 4.70. The first-order valence-corrected chi connectivity index (χ1v) is 6.61. The number of aliphatic carboxylic acids is 1. The van der Waals surface area contributed by atoms with E-state index in [2.05, 4.69) is 18.8 Å². The predicted octanol–water partition coefficient (Wildman–Crippen LogP) is 1.26. The van der Waals surface area contributed by atoms with E-state index in [1.165, 1.54) is 0 Å². The van der Waals surface area contributed by atoms with Crippen LogP contribution in [-0.2, 0) is 9.59 Å². The van der Waals surface area contributed by atoms with Gasteiger partial charge in [-0.2, -0.15) is 0 Å². The highest BCUT2D eigenvalue weighted by atomic mass is 16.4. The number of carboxylic acid groups (broad SMARTS) is 1. The van der Waals surface area contributed by atoms with Gasteiger partial charge in [-0.3, -0.25) is 4.79 Å². The highest BCUT2D eigenvalue weighted by Crippen LogP contribution is 2.21. The molecule has 0 radical (unpaired) electrons. The van der Waals surface area contributed by atoms with E-state index in [4.69, 9.17) is 0 Å². The molecule has 0 aliphatic heterocycles. The van der Waals surface area contributed by atoms with Crippen molar-refractivity contribution in [1.82, 2.24) is 5.32 Å². The van der Waals surface area contributed by atoms with Crippen LogP contribution in [0.3, 0.4) is 0 Å². The molecule has 0 bridgehead atoms. The SMILES string of the molecule is C=CCNC(=O)C[C@@H](C)[C@H](CCCCC)C(=O)[O-]. The molecule has 2 atom stereocenters. The molecule has 0 aliphatic carbocycles. The molecule has 0 aromatic rings. The number of rotatable bonds is 10. The molecule has 0 spiro atoms. The Kier molecular flexibility index (Phi) is 8.97. The van der Waals surface area contributed by atoms with Gasteiger partial charge in [-0.25, -0.2) is 0 Å². The fourth-order valence-corrected chi connectivity index (χ4v) is 1.94. The number of unbranched alkanes of at least 4 members (excludes halogenated alkanes) is 2. The summed E-state index contributed by atoms with van der Waals surface area (Å²) in [4.78, 5) is 22.6. The summed E-state index contributed by atoms with van der Waals surface area (Å²) in [7, 11) is 0. The molecule has 104 valence electrons. The standard InChI is InChI=1S/C14H25NO3/c1-4-6-7-8-12(14(17)18)11(3)10-13(16)15-9-5-2/h5,11-12H,2,4,6-10H2,1,3H3,(H,15,16)(H,17,18)/p-1/t11-,12+/m1/s1. The highest BCUT2D eigenvalue weighted by molar-refractivity contribution is 5.77. The van der Waals surface area contributed by atoms with Crippen LogP contribution in [0.25, 0.3) is 0 Å². The first-order valence-electron chi connectivity index (χ1n) is 6.61. The highest BCUT2D eigenvalue weighted by Gasteiger charge is 2.20. The zero-order valence-corrected chi connectivity index (χ0v) is 11.4. The van der Waals surface area contributed by atoms with Gasteiger partial charge >= 0.3 is 0 Å². The Bertz CT molecular complexity index is 276. The molecule has 4 nitrogen and oxygen atoms in total. The molecular formula is C14H24NO3-. The van der Waals surface area contributed by atoms with Gasteiger partial charge in [-0.05, 0) is 12.3 Å². The minimum Gasteiger partial charge on any atom is -0.550 e. The third-order valence-electron chi connectivity index (χ3n) is 3.06. The molecule has 1 amide bonds. The molecule has 0 aliphatic rings. The minimum atomic E-state index is -1.05. The molecule has 1 N–H and O–H groups in total. The van der Waals surface area contributed by atoms with Crippen molar-refractivity contribution in [3.05, 3.63) is 12.7 Å². The van der Waals surface area contributed by atoms with Crippen LogP contribution in [0.4, 0.5) is 0 Å². The lowest BCUT2D eigenvalue weighted by Crippen LogP contribution is -2.37. The zero-order chi connectivity index (χ0) is 14.0. The first kappa shape index (κ1) is 16.7. The molecule has 0 heterocycles. The average Bonchev–Trinajstić information content (AvgIpc) is 2.31. The van der Waals surface area contributed by atoms with Crippen molar-refractivity contribution >= 4 is 11.9 Å². The van der Waals surface area contributed by atoms with Crippen molar-refractivity contribution in [1.29, 1.82) is 0 Å². The van der Waals surface area contributed by atoms with Crippen molar-refractivity contribution in [2.45, 2.75) is 46.0 Å². The second kappa shape index (κ2) is 9.68. The van der Waals surface area contributed by atoms with Crippen LogP contribution in [0.2, 0.25) is 0 Å². The zero-order valence-electron chi connectivity index (χ0n) is 11.4. The number of amides is 1. The van der Waals surface area contributed by atoms with Gasteiger partial charge in [-0.15, -0.1) is 6.58 Å². The molecule has 0 unspecified atom stereocenters. The maximum Gasteiger partial charge on any atom is 0.220 e. The van der Waals surface area contributed by atoms with E-state index >= 15 is 0 Å². The first-order chi connectivity index (χ1) is 8.52. The Morgan fingerprint density at radius 3 is 2.56 bits per heavy atom. The van der Waals surface area contributed by atoms with Crippen LogP contribution in [0.1, 0.15) is 46.0 Å². The van der Waals surface area contributed by atoms with E-state index in [-0.39, 0.29) is 18.2 Å². The van der Waals surface area contributed by atoms with Crippen molar-refractivity contribution in [3.8, 4) is 0 Å². The van der Waals surface area contributed by atoms with Crippen molar-refractivity contribution in [3.63, 3.8) is 0 Å². The summed E-state index contributed by atoms with van der Waals surface area (Å²) in [5.74, 6) is -1.91. The Labute approximate surface area is 109 Å². The molecule has 0 aromatic heterocycles. The number of hydrogen-bond acceptors (Lipinski definition) is 3. The second-order valence-corrected chi connectivity index (χ2v) is 4.70. The molecule has 0 saturated carbocycles. The summed E-state index contributed by atoms with van der Waals surface area (Å²) in [6.07, 6.45) is 5.34. The lowest BCUT2D eigenvalue weighted by atomic mass is 9.86. The molecule has 4 heteroatoms. The van der Waals surface area contributed by atoms with E-state index in [1.54, 1.807) is 13.0 Å². The minimum absolute atomic E-state index is 0.135. The van der Waals surface area contributed by atoms with Gasteiger partial charge in [0, 0.05) is 24.9 Å². The average molecular weight is 254 g/mol. The van der Waals surface area contributed by atoms with Gasteiger partial charge in [0.05, 0.1) is 0 Å². The van der Waals surface area contributed by atoms with Crippen LogP contribution in [-0.4, -0.2) is 18.4 Å². The van der Waals surface area contributed by atoms with Gasteiger partial charge in [0.15, 0.2) is 0 Å². The lowest BCUT2D eigenvalue weighted by molar-refractivity contribution is -0.313. The van der Waals surface area contributed by atoms with Gasteiger partial charge in [0.25, 0.3) is 0 Å². The molecule has 0 aromatic carbocycles. The number of carboxylic acids is 1. The summed E-state index contributed by atoms with van der Waals surface area (Å²) in [6.45, 7) is 7.78.